The third kappa shape index (κ3) is 4.56. The summed E-state index contributed by atoms with van der Waals surface area (Å²) in [6, 6.07) is 7.81. The lowest BCUT2D eigenvalue weighted by molar-refractivity contribution is 0.0668. The molecule has 4 aromatic rings. The maximum atomic E-state index is 13.1. The molecule has 9 nitrogen and oxygen atoms in total. The van der Waals surface area contributed by atoms with E-state index in [0.29, 0.717) is 35.9 Å². The Morgan fingerprint density at radius 1 is 1.12 bits per heavy atom. The van der Waals surface area contributed by atoms with Crippen LogP contribution >= 0.6 is 0 Å². The van der Waals surface area contributed by atoms with E-state index in [1.165, 1.54) is 0 Å². The van der Waals surface area contributed by atoms with Crippen LogP contribution in [0.2, 0.25) is 0 Å². The van der Waals surface area contributed by atoms with Gasteiger partial charge in [-0.2, -0.15) is 4.98 Å². The Morgan fingerprint density at radius 2 is 2.03 bits per heavy atom. The molecule has 5 rings (SSSR count). The maximum Gasteiger partial charge on any atom is 0.253 e. The van der Waals surface area contributed by atoms with Gasteiger partial charge in [-0.15, -0.1) is 0 Å². The zero-order chi connectivity index (χ0) is 21.8. The molecule has 4 heterocycles. The largest absolute Gasteiger partial charge is 0.339 e. The van der Waals surface area contributed by atoms with Gasteiger partial charge in [-0.1, -0.05) is 17.3 Å². The van der Waals surface area contributed by atoms with Crippen molar-refractivity contribution < 1.29 is 9.32 Å². The number of aromatic nitrogens is 6. The maximum absolute atomic E-state index is 13.1. The van der Waals surface area contributed by atoms with Crippen molar-refractivity contribution >= 4 is 5.91 Å². The summed E-state index contributed by atoms with van der Waals surface area (Å²) < 4.78 is 7.42. The quantitative estimate of drug-likeness (QED) is 0.464. The predicted octanol–water partition coefficient (Wildman–Crippen LogP) is 2.87. The summed E-state index contributed by atoms with van der Waals surface area (Å²) in [4.78, 5) is 31.7. The van der Waals surface area contributed by atoms with Gasteiger partial charge in [0.2, 0.25) is 11.7 Å². The summed E-state index contributed by atoms with van der Waals surface area (Å²) >= 11 is 0. The van der Waals surface area contributed by atoms with Gasteiger partial charge in [0.25, 0.3) is 5.91 Å². The fourth-order valence-electron chi connectivity index (χ4n) is 4.05. The Morgan fingerprint density at radius 3 is 2.81 bits per heavy atom. The molecule has 1 atom stereocenters. The summed E-state index contributed by atoms with van der Waals surface area (Å²) in [7, 11) is 0. The molecule has 1 saturated heterocycles. The van der Waals surface area contributed by atoms with Crippen LogP contribution in [0.25, 0.3) is 11.5 Å². The van der Waals surface area contributed by atoms with Gasteiger partial charge in [-0.25, -0.2) is 9.97 Å². The minimum Gasteiger partial charge on any atom is -0.339 e. The van der Waals surface area contributed by atoms with Gasteiger partial charge in [0.1, 0.15) is 5.69 Å². The Labute approximate surface area is 185 Å². The van der Waals surface area contributed by atoms with E-state index in [1.807, 2.05) is 39.9 Å². The second kappa shape index (κ2) is 9.09. The molecule has 1 amide bonds. The fourth-order valence-corrected chi connectivity index (χ4v) is 4.05. The molecule has 9 heteroatoms. The molecule has 1 fully saturated rings. The van der Waals surface area contributed by atoms with Crippen molar-refractivity contribution in [2.75, 3.05) is 13.1 Å². The Kier molecular flexibility index (Phi) is 5.69. The topological polar surface area (TPSA) is 103 Å². The standard InChI is InChI=1S/C23H23N7O2/c31-23(19-5-3-17(4-6-19)14-29-11-9-25-16-29)30-10-1-2-18(15-30)12-21-27-22(28-32-21)20-13-24-7-8-26-20/h3-9,11,13,16,18H,1-2,10,12,14-15H2/t18-/m0/s1. The molecule has 0 bridgehead atoms. The summed E-state index contributed by atoms with van der Waals surface area (Å²) in [5.74, 6) is 1.35. The van der Waals surface area contributed by atoms with Crippen LogP contribution in [0.15, 0.2) is 66.1 Å². The van der Waals surface area contributed by atoms with Crippen LogP contribution in [0, 0.1) is 5.92 Å². The summed E-state index contributed by atoms with van der Waals surface area (Å²) in [6.07, 6.45) is 12.9. The SMILES string of the molecule is O=C(c1ccc(Cn2ccnc2)cc1)N1CCC[C@@H](Cc2nc(-c3cnccn3)no2)C1. The predicted molar refractivity (Wildman–Crippen MR) is 115 cm³/mol. The van der Waals surface area contributed by atoms with Crippen LogP contribution in [0.3, 0.4) is 0 Å². The summed E-state index contributed by atoms with van der Waals surface area (Å²) in [6.45, 7) is 2.18. The molecule has 3 aromatic heterocycles. The number of carbonyl (C=O) groups excluding carboxylic acids is 1. The molecule has 162 valence electrons. The number of benzene rings is 1. The first-order valence-electron chi connectivity index (χ1n) is 10.7. The van der Waals surface area contributed by atoms with Crippen molar-refractivity contribution in [2.24, 2.45) is 5.92 Å². The lowest BCUT2D eigenvalue weighted by Gasteiger charge is -2.32. The van der Waals surface area contributed by atoms with Gasteiger partial charge in [0.05, 0.1) is 12.5 Å². The van der Waals surface area contributed by atoms with Crippen LogP contribution < -0.4 is 0 Å². The smallest absolute Gasteiger partial charge is 0.253 e. The van der Waals surface area contributed by atoms with Gasteiger partial charge in [0, 0.05) is 56.4 Å². The average Bonchev–Trinajstić information content (AvgIpc) is 3.52. The zero-order valence-electron chi connectivity index (χ0n) is 17.5. The van der Waals surface area contributed by atoms with E-state index in [0.717, 1.165) is 31.5 Å². The number of hydrogen-bond donors (Lipinski definition) is 0. The van der Waals surface area contributed by atoms with E-state index in [4.69, 9.17) is 4.52 Å². The number of piperidine rings is 1. The molecule has 0 saturated carbocycles. The van der Waals surface area contributed by atoms with Crippen molar-refractivity contribution in [1.29, 1.82) is 0 Å². The first-order valence-corrected chi connectivity index (χ1v) is 10.7. The van der Waals surface area contributed by atoms with Crippen molar-refractivity contribution in [1.82, 2.24) is 34.6 Å². The zero-order valence-corrected chi connectivity index (χ0v) is 17.5. The first-order chi connectivity index (χ1) is 15.7. The van der Waals surface area contributed by atoms with Crippen LogP contribution in [-0.4, -0.2) is 53.6 Å². The number of carbonyl (C=O) groups is 1. The van der Waals surface area contributed by atoms with Gasteiger partial charge < -0.3 is 14.0 Å². The first kappa shape index (κ1) is 20.0. The monoisotopic (exact) mass is 429 g/mol. The Bertz CT molecular complexity index is 1160. The number of rotatable bonds is 6. The molecular formula is C23H23N7O2. The molecule has 0 spiro atoms. The molecule has 0 aliphatic carbocycles. The van der Waals surface area contributed by atoms with E-state index in [9.17, 15) is 4.79 Å². The molecule has 0 unspecified atom stereocenters. The third-order valence-corrected chi connectivity index (χ3v) is 5.66. The van der Waals surface area contributed by atoms with Crippen LogP contribution in [-0.2, 0) is 13.0 Å². The Hall–Kier alpha value is -3.88. The lowest BCUT2D eigenvalue weighted by atomic mass is 9.94. The highest BCUT2D eigenvalue weighted by atomic mass is 16.5. The molecule has 0 N–H and O–H groups in total. The van der Waals surface area contributed by atoms with E-state index < -0.39 is 0 Å². The number of amides is 1. The summed E-state index contributed by atoms with van der Waals surface area (Å²) in [5.41, 5.74) is 2.42. The van der Waals surface area contributed by atoms with Gasteiger partial charge in [-0.05, 0) is 36.5 Å². The van der Waals surface area contributed by atoms with Gasteiger partial charge in [0.15, 0.2) is 0 Å². The number of likely N-dealkylation sites (tertiary alicyclic amines) is 1. The van der Waals surface area contributed by atoms with Crippen LogP contribution in [0.4, 0.5) is 0 Å². The van der Waals surface area contributed by atoms with E-state index in [1.54, 1.807) is 31.1 Å². The molecule has 1 aromatic carbocycles. The molecule has 0 radical (unpaired) electrons. The number of hydrogen-bond acceptors (Lipinski definition) is 7. The molecule has 32 heavy (non-hydrogen) atoms. The second-order valence-corrected chi connectivity index (χ2v) is 8.00. The molecular weight excluding hydrogens is 406 g/mol. The van der Waals surface area contributed by atoms with Crippen molar-refractivity contribution in [2.45, 2.75) is 25.8 Å². The van der Waals surface area contributed by atoms with Gasteiger partial charge >= 0.3 is 0 Å². The minimum absolute atomic E-state index is 0.0645. The highest BCUT2D eigenvalue weighted by molar-refractivity contribution is 5.94. The normalized spacial score (nSPS) is 16.2. The van der Waals surface area contributed by atoms with Crippen molar-refractivity contribution in [3.05, 3.63) is 78.6 Å². The lowest BCUT2D eigenvalue weighted by Crippen LogP contribution is -2.40. The van der Waals surface area contributed by atoms with Crippen LogP contribution in [0.5, 0.6) is 0 Å². The van der Waals surface area contributed by atoms with Crippen molar-refractivity contribution in [3.8, 4) is 11.5 Å². The Balaban J connectivity index is 1.20. The van der Waals surface area contributed by atoms with Gasteiger partial charge in [-0.3, -0.25) is 9.78 Å². The van der Waals surface area contributed by atoms with Crippen LogP contribution in [0.1, 0.15) is 34.7 Å². The third-order valence-electron chi connectivity index (χ3n) is 5.66. The fraction of sp³-hybridized carbons (Fsp3) is 0.304. The minimum atomic E-state index is 0.0645. The highest BCUT2D eigenvalue weighted by Crippen LogP contribution is 2.23. The molecule has 1 aliphatic heterocycles. The molecule has 1 aliphatic rings. The highest BCUT2D eigenvalue weighted by Gasteiger charge is 2.26. The second-order valence-electron chi connectivity index (χ2n) is 8.00. The van der Waals surface area contributed by atoms with E-state index >= 15 is 0 Å². The number of imidazole rings is 1. The summed E-state index contributed by atoms with van der Waals surface area (Å²) in [5, 5.41) is 4.01. The number of nitrogens with zero attached hydrogens (tertiary/aromatic N) is 7. The average molecular weight is 429 g/mol. The van der Waals surface area contributed by atoms with E-state index in [2.05, 4.69) is 25.1 Å². The van der Waals surface area contributed by atoms with E-state index in [-0.39, 0.29) is 11.8 Å². The van der Waals surface area contributed by atoms with Crippen molar-refractivity contribution in [3.63, 3.8) is 0 Å².